The Bertz CT molecular complexity index is 938. The molecule has 0 amide bonds. The van der Waals surface area contributed by atoms with Gasteiger partial charge in [-0.1, -0.05) is 23.3 Å². The highest BCUT2D eigenvalue weighted by Crippen LogP contribution is 2.22. The Labute approximate surface area is 128 Å². The Hall–Kier alpha value is -2.81. The topological polar surface area (TPSA) is 48.6 Å². The molecule has 0 aliphatic carbocycles. The molecule has 4 aromatic rings. The first-order chi connectivity index (χ1) is 10.6. The summed E-state index contributed by atoms with van der Waals surface area (Å²) < 4.78 is 0. The number of carbonyl (C=O) groups excluding carboxylic acids is 1. The van der Waals surface area contributed by atoms with Crippen LogP contribution in [0, 0.1) is 13.8 Å². The van der Waals surface area contributed by atoms with Crippen LogP contribution in [0.5, 0.6) is 0 Å². The van der Waals surface area contributed by atoms with Gasteiger partial charge in [-0.2, -0.15) is 0 Å². The fraction of sp³-hybridized carbons (Fsp3) is 0.105. The lowest BCUT2D eigenvalue weighted by Gasteiger charge is -1.93. The lowest BCUT2D eigenvalue weighted by Crippen LogP contribution is -2.01. The molecule has 0 fully saturated rings. The Morgan fingerprint density at radius 2 is 1.18 bits per heavy atom. The largest absolute Gasteiger partial charge is 0.352 e. The van der Waals surface area contributed by atoms with Gasteiger partial charge in [0.05, 0.1) is 11.4 Å². The third-order valence-corrected chi connectivity index (χ3v) is 4.04. The average Bonchev–Trinajstić information content (AvgIpc) is 3.08. The van der Waals surface area contributed by atoms with Gasteiger partial charge in [0.25, 0.3) is 0 Å². The van der Waals surface area contributed by atoms with Crippen molar-refractivity contribution in [3.63, 3.8) is 0 Å². The summed E-state index contributed by atoms with van der Waals surface area (Å²) in [6.07, 6.45) is 0. The monoisotopic (exact) mass is 288 g/mol. The van der Waals surface area contributed by atoms with Gasteiger partial charge in [-0.3, -0.25) is 4.79 Å². The summed E-state index contributed by atoms with van der Waals surface area (Å²) in [6, 6.07) is 16.1. The van der Waals surface area contributed by atoms with E-state index < -0.39 is 0 Å². The molecule has 2 N–H and O–H groups in total. The average molecular weight is 288 g/mol. The summed E-state index contributed by atoms with van der Waals surface area (Å²) in [4.78, 5) is 19.1. The molecule has 3 nitrogen and oxygen atoms in total. The van der Waals surface area contributed by atoms with Gasteiger partial charge in [0.1, 0.15) is 0 Å². The van der Waals surface area contributed by atoms with Crippen molar-refractivity contribution < 1.29 is 4.79 Å². The van der Waals surface area contributed by atoms with Gasteiger partial charge in [0.15, 0.2) is 0 Å². The molecule has 0 unspecified atom stereocenters. The Kier molecular flexibility index (Phi) is 2.70. The minimum atomic E-state index is -0.0114. The standard InChI is InChI=1S/C19H16N2O/c1-11-3-5-15-13(7-11)9-17(20-15)19(22)18-10-14-8-12(2)4-6-16(14)21-18/h3-10,20-21H,1-2H3. The van der Waals surface area contributed by atoms with E-state index >= 15 is 0 Å². The number of hydrogen-bond acceptors (Lipinski definition) is 1. The van der Waals surface area contributed by atoms with Crippen LogP contribution in [-0.2, 0) is 0 Å². The van der Waals surface area contributed by atoms with Crippen molar-refractivity contribution in [1.82, 2.24) is 9.97 Å². The molecule has 0 saturated carbocycles. The number of aryl methyl sites for hydroxylation is 2. The van der Waals surface area contributed by atoms with E-state index in [9.17, 15) is 4.79 Å². The Morgan fingerprint density at radius 1 is 0.727 bits per heavy atom. The Balaban J connectivity index is 1.80. The van der Waals surface area contributed by atoms with Crippen LogP contribution in [-0.4, -0.2) is 15.8 Å². The smallest absolute Gasteiger partial charge is 0.225 e. The van der Waals surface area contributed by atoms with E-state index in [-0.39, 0.29) is 5.78 Å². The summed E-state index contributed by atoms with van der Waals surface area (Å²) in [7, 11) is 0. The zero-order valence-corrected chi connectivity index (χ0v) is 12.5. The molecule has 0 aliphatic rings. The van der Waals surface area contributed by atoms with E-state index in [0.29, 0.717) is 11.4 Å². The van der Waals surface area contributed by atoms with Crippen LogP contribution in [0.15, 0.2) is 48.5 Å². The van der Waals surface area contributed by atoms with Crippen molar-refractivity contribution >= 4 is 27.6 Å². The molecule has 2 aromatic carbocycles. The first-order valence-corrected chi connectivity index (χ1v) is 7.33. The van der Waals surface area contributed by atoms with Crippen LogP contribution in [0.3, 0.4) is 0 Å². The van der Waals surface area contributed by atoms with Crippen molar-refractivity contribution in [2.24, 2.45) is 0 Å². The molecule has 4 rings (SSSR count). The number of aromatic nitrogens is 2. The third kappa shape index (κ3) is 2.02. The highest BCUT2D eigenvalue weighted by molar-refractivity contribution is 6.11. The summed E-state index contributed by atoms with van der Waals surface area (Å²) >= 11 is 0. The van der Waals surface area contributed by atoms with Gasteiger partial charge < -0.3 is 9.97 Å². The normalized spacial score (nSPS) is 11.4. The number of benzene rings is 2. The first kappa shape index (κ1) is 12.9. The molecule has 0 radical (unpaired) electrons. The molecular weight excluding hydrogens is 272 g/mol. The number of nitrogens with one attached hydrogen (secondary N) is 2. The molecule has 0 atom stereocenters. The summed E-state index contributed by atoms with van der Waals surface area (Å²) in [6.45, 7) is 4.10. The summed E-state index contributed by atoms with van der Waals surface area (Å²) in [5.41, 5.74) is 5.58. The van der Waals surface area contributed by atoms with Gasteiger partial charge in [-0.15, -0.1) is 0 Å². The van der Waals surface area contributed by atoms with E-state index in [0.717, 1.165) is 21.8 Å². The third-order valence-electron chi connectivity index (χ3n) is 4.04. The fourth-order valence-electron chi connectivity index (χ4n) is 2.89. The van der Waals surface area contributed by atoms with Crippen LogP contribution in [0.4, 0.5) is 0 Å². The second kappa shape index (κ2) is 4.60. The number of fused-ring (bicyclic) bond motifs is 2. The molecule has 2 heterocycles. The minimum absolute atomic E-state index is 0.0114. The zero-order valence-electron chi connectivity index (χ0n) is 12.5. The van der Waals surface area contributed by atoms with Crippen molar-refractivity contribution in [3.8, 4) is 0 Å². The van der Waals surface area contributed by atoms with E-state index in [2.05, 4.69) is 22.1 Å². The number of H-pyrrole nitrogens is 2. The van der Waals surface area contributed by atoms with Gasteiger partial charge in [0.2, 0.25) is 5.78 Å². The molecule has 2 aromatic heterocycles. The first-order valence-electron chi connectivity index (χ1n) is 7.33. The number of carbonyl (C=O) groups is 1. The second-order valence-corrected chi connectivity index (χ2v) is 5.88. The van der Waals surface area contributed by atoms with Crippen molar-refractivity contribution in [2.45, 2.75) is 13.8 Å². The molecule has 0 saturated heterocycles. The predicted octanol–water partition coefficient (Wildman–Crippen LogP) is 4.50. The maximum absolute atomic E-state index is 12.7. The fourth-order valence-corrected chi connectivity index (χ4v) is 2.89. The van der Waals surface area contributed by atoms with Gasteiger partial charge in [-0.05, 0) is 50.2 Å². The lowest BCUT2D eigenvalue weighted by molar-refractivity contribution is 0.103. The number of rotatable bonds is 2. The summed E-state index contributed by atoms with van der Waals surface area (Å²) in [5.74, 6) is -0.0114. The highest BCUT2D eigenvalue weighted by atomic mass is 16.1. The molecular formula is C19H16N2O. The van der Waals surface area contributed by atoms with Crippen LogP contribution in [0.25, 0.3) is 21.8 Å². The molecule has 108 valence electrons. The maximum atomic E-state index is 12.7. The lowest BCUT2D eigenvalue weighted by atomic mass is 10.1. The molecule has 22 heavy (non-hydrogen) atoms. The SMILES string of the molecule is Cc1ccc2[nH]c(C(=O)c3cc4cc(C)ccc4[nH]3)cc2c1. The van der Waals surface area contributed by atoms with Crippen LogP contribution in [0.1, 0.15) is 27.3 Å². The zero-order chi connectivity index (χ0) is 15.3. The maximum Gasteiger partial charge on any atom is 0.225 e. The van der Waals surface area contributed by atoms with Gasteiger partial charge in [-0.25, -0.2) is 0 Å². The van der Waals surface area contributed by atoms with Crippen molar-refractivity contribution in [3.05, 3.63) is 71.0 Å². The van der Waals surface area contributed by atoms with E-state index in [1.165, 1.54) is 11.1 Å². The van der Waals surface area contributed by atoms with Crippen molar-refractivity contribution in [1.29, 1.82) is 0 Å². The second-order valence-electron chi connectivity index (χ2n) is 5.88. The van der Waals surface area contributed by atoms with Crippen LogP contribution >= 0.6 is 0 Å². The van der Waals surface area contributed by atoms with E-state index in [1.807, 2.05) is 50.2 Å². The van der Waals surface area contributed by atoms with E-state index in [1.54, 1.807) is 0 Å². The predicted molar refractivity (Wildman–Crippen MR) is 89.5 cm³/mol. The number of ketones is 1. The van der Waals surface area contributed by atoms with Gasteiger partial charge >= 0.3 is 0 Å². The molecule has 0 spiro atoms. The minimum Gasteiger partial charge on any atom is -0.352 e. The number of aromatic amines is 2. The molecule has 0 bridgehead atoms. The Morgan fingerprint density at radius 3 is 1.64 bits per heavy atom. The number of hydrogen-bond donors (Lipinski definition) is 2. The van der Waals surface area contributed by atoms with Crippen LogP contribution < -0.4 is 0 Å². The summed E-state index contributed by atoms with van der Waals surface area (Å²) in [5, 5.41) is 2.13. The molecule has 0 aliphatic heterocycles. The van der Waals surface area contributed by atoms with Crippen molar-refractivity contribution in [2.75, 3.05) is 0 Å². The van der Waals surface area contributed by atoms with Gasteiger partial charge in [0, 0.05) is 21.8 Å². The quantitative estimate of drug-likeness (QED) is 0.524. The van der Waals surface area contributed by atoms with Crippen LogP contribution in [0.2, 0.25) is 0 Å². The highest BCUT2D eigenvalue weighted by Gasteiger charge is 2.14. The van der Waals surface area contributed by atoms with E-state index in [4.69, 9.17) is 0 Å². The molecule has 3 heteroatoms.